The molecule has 0 spiro atoms. The largest absolute Gasteiger partial charge is 0.484 e. The molecule has 2 aliphatic carbocycles. The molecule has 12 aromatic rings. The Bertz CT molecular complexity index is 6510. The van der Waals surface area contributed by atoms with Crippen LogP contribution in [0.1, 0.15) is 353 Å². The SMILES string of the molecule is CCCCCCCCC(CCCCCC)CN1C(=O)c2c(Br)sc(Br)c2C1=O.CCCCCCCCOc1cc2c(s1)c1c(c3sc(C)cc32)=C(c2cc[c]([Sn]([CH3])([CH3])[CH3])s2)C(=O)C=1c1cc[c]([Sn]([CH3])([CH3])[CH3])s1.CCCCCCCCOc1cc2c(s1)c1c(c3sc(C)cc32)=C(c2ccc(C)s2)C(=O)C=1c1ccc(-c2sc(C)c3c2C(=O)N(CC(CCCCCC)CCCCCCCC)C3=O)s1. The minimum Gasteiger partial charge on any atom is -0.484 e. The third-order valence-corrected chi connectivity index (χ3v) is 58.6. The van der Waals surface area contributed by atoms with E-state index in [1.165, 1.54) is 247 Å². The van der Waals surface area contributed by atoms with Gasteiger partial charge in [0.05, 0.1) is 41.3 Å². The van der Waals surface area contributed by atoms with E-state index in [0.29, 0.717) is 53.8 Å². The van der Waals surface area contributed by atoms with Gasteiger partial charge in [-0.15, -0.1) is 56.7 Å². The smallest absolute Gasteiger partial charge is 0.263 e. The van der Waals surface area contributed by atoms with Gasteiger partial charge in [-0.1, -0.05) is 239 Å². The molecule has 2 aromatic carbocycles. The summed E-state index contributed by atoms with van der Waals surface area (Å²) in [6.45, 7) is 24.4. The van der Waals surface area contributed by atoms with Gasteiger partial charge >= 0.3 is 257 Å². The first kappa shape index (κ1) is 107. The Balaban J connectivity index is 0.000000178. The number of hydrogen-bond acceptors (Lipinski definition) is 18. The predicted molar refractivity (Wildman–Crippen MR) is 607 cm³/mol. The van der Waals surface area contributed by atoms with Crippen molar-refractivity contribution >= 4 is 286 Å². The molecule has 2 unspecified atom stereocenters. The van der Waals surface area contributed by atoms with Gasteiger partial charge in [-0.25, -0.2) is 0 Å². The van der Waals surface area contributed by atoms with Crippen molar-refractivity contribution in [2.24, 2.45) is 11.8 Å². The molecule has 136 heavy (non-hydrogen) atoms. The maximum Gasteiger partial charge on any atom is 0.263 e. The number of thiophene rings is 10. The standard InChI is InChI=1S/C54H65NO4S5.C30H26O2S4.C22H33Br2NO2S.6CH3.2Sn/c1-7-10-13-16-18-21-24-36(23-20-15-12-9-3)32-55-53(57)43-35(6)62-52(48(43)54(55)58)41-28-27-40(63-41)45-47-46(44(49(45)56)39-26-25-33(4)60-39)50-37(30-34(5)61-50)38-31-42(64-51(38)47)59-29-22-19-17-14-11-8-2;1-3-4-5-6-7-8-13-32-23-17-20-19-16-18(2)35-29(19)26-24(21-11-9-14-33-21)28(31)25(22-12-10-15-34-22)27(26)30(20)36-23;1-3-5-7-9-10-12-14-16(13-11-8-6-4-2)15-25-21(26)17-18(22(25)27)20(24)28-19(17)23;;;;;;;;/h25-28,30-31,36H,7-24,29,32H2,1-6H3;9-12,16-17H,3-8,13H2,1-2H3;16H,3-15H2,1-2H3;6*1H3;;. The summed E-state index contributed by atoms with van der Waals surface area (Å²) in [5, 5.41) is 11.1. The number of Topliss-reactive ketones (excluding diaryl/α,β-unsaturated/α-hetero) is 2. The molecular formula is C112H142Br2N2O8S10Sn2. The summed E-state index contributed by atoms with van der Waals surface area (Å²) in [5.74, 6) is 0.442. The number of nitrogens with zero attached hydrogens (tertiary/aromatic N) is 2. The zero-order valence-corrected chi connectivity index (χ0v) is 100. The number of halogens is 2. The normalized spacial score (nSPS) is 14.3. The molecule has 10 aromatic heterocycles. The first-order valence-corrected chi connectivity index (χ1v) is 80.8. The van der Waals surface area contributed by atoms with E-state index < -0.39 is 36.8 Å². The van der Waals surface area contributed by atoms with Crippen LogP contribution >= 0.6 is 145 Å². The molecule has 10 nitrogen and oxygen atoms in total. The molecule has 0 N–H and O–H groups in total. The van der Waals surface area contributed by atoms with Crippen molar-refractivity contribution in [1.29, 1.82) is 0 Å². The summed E-state index contributed by atoms with van der Waals surface area (Å²) in [6.07, 6.45) is 43.9. The van der Waals surface area contributed by atoms with Gasteiger partial charge in [0, 0.05) is 90.2 Å². The van der Waals surface area contributed by atoms with Crippen molar-refractivity contribution in [3.8, 4) is 19.9 Å². The third-order valence-electron chi connectivity index (χ3n) is 27.2. The molecule has 4 aliphatic rings. The molecule has 4 amide bonds. The molecule has 0 fully saturated rings. The summed E-state index contributed by atoms with van der Waals surface area (Å²) in [5.41, 5.74) is 5.57. The average molecular weight is 2360 g/mol. The Kier molecular flexibility index (Phi) is 39.5. The Morgan fingerprint density at radius 3 is 0.985 bits per heavy atom. The molecule has 0 saturated heterocycles. The molecule has 0 radical (unpaired) electrons. The summed E-state index contributed by atoms with van der Waals surface area (Å²) in [7, 11) is 0. The third kappa shape index (κ3) is 24.9. The van der Waals surface area contributed by atoms with Gasteiger partial charge in [0.25, 0.3) is 23.6 Å². The Labute approximate surface area is 874 Å². The Morgan fingerprint density at radius 2 is 0.618 bits per heavy atom. The zero-order chi connectivity index (χ0) is 96.8. The molecule has 730 valence electrons. The molecule has 16 rings (SSSR count). The van der Waals surface area contributed by atoms with Crippen LogP contribution in [0.2, 0.25) is 29.6 Å². The summed E-state index contributed by atoms with van der Waals surface area (Å²) >= 11 is 19.3. The van der Waals surface area contributed by atoms with E-state index in [4.69, 9.17) is 9.47 Å². The number of carbonyl (C=O) groups is 6. The topological polar surface area (TPSA) is 127 Å². The number of hydrogen-bond donors (Lipinski definition) is 0. The molecule has 2 atom stereocenters. The second kappa shape index (κ2) is 50.0. The van der Waals surface area contributed by atoms with Gasteiger partial charge in [0.1, 0.15) is 0 Å². The van der Waals surface area contributed by atoms with E-state index in [-0.39, 0.29) is 35.2 Å². The van der Waals surface area contributed by atoms with Gasteiger partial charge in [-0.05, 0) is 127 Å². The number of rotatable bonds is 51. The molecule has 0 saturated carbocycles. The number of benzene rings is 2. The fourth-order valence-electron chi connectivity index (χ4n) is 19.8. The first-order chi connectivity index (χ1) is 65.5. The van der Waals surface area contributed by atoms with Gasteiger partial charge in [0.15, 0.2) is 10.8 Å². The van der Waals surface area contributed by atoms with Gasteiger partial charge < -0.3 is 4.74 Å². The van der Waals surface area contributed by atoms with E-state index in [1.807, 2.05) is 40.9 Å². The van der Waals surface area contributed by atoms with Crippen LogP contribution in [0.3, 0.4) is 0 Å². The number of fused-ring (bicyclic) bond motifs is 14. The molecule has 2 aliphatic heterocycles. The maximum atomic E-state index is 15.2. The van der Waals surface area contributed by atoms with Crippen LogP contribution in [0, 0.1) is 39.5 Å². The number of ether oxygens (including phenoxy) is 2. The fourth-order valence-corrected chi connectivity index (χ4v) is 43.2. The van der Waals surface area contributed by atoms with E-state index in [1.54, 1.807) is 72.9 Å². The van der Waals surface area contributed by atoms with Gasteiger partial charge in [-0.3, -0.25) is 33.8 Å². The summed E-state index contributed by atoms with van der Waals surface area (Å²) in [6, 6.07) is 26.6. The predicted octanol–water partition coefficient (Wildman–Crippen LogP) is 33.1. The van der Waals surface area contributed by atoms with Crippen molar-refractivity contribution in [2.45, 2.75) is 330 Å². The van der Waals surface area contributed by atoms with Crippen molar-refractivity contribution in [2.75, 3.05) is 26.3 Å². The number of unbranched alkanes of at least 4 members (excludes halogenated alkanes) is 26. The molecular weight excluding hydrogens is 2220 g/mol. The number of imide groups is 2. The molecule has 0 bridgehead atoms. The fraction of sp³-hybridized carbons (Fsp3) is 0.518. The minimum absolute atomic E-state index is 0.0495. The number of ketones is 2. The zero-order valence-electron chi connectivity index (χ0n) is 83.4. The van der Waals surface area contributed by atoms with E-state index in [9.17, 15) is 24.0 Å². The van der Waals surface area contributed by atoms with E-state index in [0.717, 1.165) is 163 Å². The van der Waals surface area contributed by atoms with Gasteiger partial charge in [-0.2, -0.15) is 0 Å². The average Bonchev–Trinajstić information content (AvgIpc) is 1.54. The number of aryl methyl sites for hydroxylation is 4. The van der Waals surface area contributed by atoms with E-state index >= 15 is 4.79 Å². The molecule has 24 heteroatoms. The second-order valence-corrected chi connectivity index (χ2v) is 85.0. The van der Waals surface area contributed by atoms with Crippen molar-refractivity contribution in [1.82, 2.24) is 9.80 Å². The Morgan fingerprint density at radius 1 is 0.309 bits per heavy atom. The minimum atomic E-state index is -2.31. The van der Waals surface area contributed by atoms with Crippen LogP contribution in [0.15, 0.2) is 80.4 Å². The molecule has 12 heterocycles. The van der Waals surface area contributed by atoms with Crippen molar-refractivity contribution < 1.29 is 38.2 Å². The monoisotopic (exact) mass is 2360 g/mol. The summed E-state index contributed by atoms with van der Waals surface area (Å²) < 4.78 is 22.2. The maximum absolute atomic E-state index is 15.2. The number of carbonyl (C=O) groups excluding carboxylic acids is 6. The van der Waals surface area contributed by atoms with Crippen LogP contribution < -0.4 is 36.1 Å². The van der Waals surface area contributed by atoms with Crippen LogP contribution in [0.5, 0.6) is 10.1 Å². The number of amides is 4. The van der Waals surface area contributed by atoms with Crippen LogP contribution in [0.25, 0.3) is 72.4 Å². The summed E-state index contributed by atoms with van der Waals surface area (Å²) in [4.78, 5) is 113. The van der Waals surface area contributed by atoms with Crippen LogP contribution in [-0.4, -0.2) is 108 Å². The van der Waals surface area contributed by atoms with Crippen molar-refractivity contribution in [3.05, 3.63) is 163 Å². The van der Waals surface area contributed by atoms with Gasteiger partial charge in [0.2, 0.25) is 0 Å². The first-order valence-electron chi connectivity index (χ1n) is 51.1. The van der Waals surface area contributed by atoms with Crippen LogP contribution in [0.4, 0.5) is 0 Å². The quantitative estimate of drug-likeness (QED) is 0.0210. The second-order valence-electron chi connectivity index (χ2n) is 40.2. The Hall–Kier alpha value is -4.26. The van der Waals surface area contributed by atoms with Crippen molar-refractivity contribution in [3.63, 3.8) is 0 Å². The van der Waals surface area contributed by atoms with Crippen LogP contribution in [-0.2, 0) is 9.59 Å². The van der Waals surface area contributed by atoms with E-state index in [2.05, 4.69) is 197 Å².